The van der Waals surface area contributed by atoms with Crippen LogP contribution in [0.1, 0.15) is 43.1 Å². The van der Waals surface area contributed by atoms with Gasteiger partial charge >= 0.3 is 0 Å². The number of rotatable bonds is 4. The van der Waals surface area contributed by atoms with E-state index in [0.29, 0.717) is 5.82 Å². The Hall–Kier alpha value is -1.29. The molecule has 1 aromatic heterocycles. The van der Waals surface area contributed by atoms with Gasteiger partial charge in [0.05, 0.1) is 16.2 Å². The molecule has 1 unspecified atom stereocenters. The molecule has 0 amide bonds. The number of aryl methyl sites for hydroxylation is 2. The molecule has 1 atom stereocenters. The van der Waals surface area contributed by atoms with Crippen LogP contribution in [0.4, 0.5) is 5.82 Å². The molecule has 0 fully saturated rings. The highest BCUT2D eigenvalue weighted by molar-refractivity contribution is 9.10. The van der Waals surface area contributed by atoms with Gasteiger partial charge in [0.15, 0.2) is 0 Å². The minimum Gasteiger partial charge on any atom is -0.383 e. The summed E-state index contributed by atoms with van der Waals surface area (Å²) in [5, 5.41) is 4.54. The number of nitrogens with two attached hydrogens (primary N) is 1. The second kappa shape index (κ2) is 5.78. The van der Waals surface area contributed by atoms with E-state index in [1.807, 2.05) is 11.6 Å². The van der Waals surface area contributed by atoms with Gasteiger partial charge in [0.25, 0.3) is 0 Å². The van der Waals surface area contributed by atoms with Crippen molar-refractivity contribution >= 4 is 21.7 Å². The Balaban J connectivity index is 2.40. The number of nitrogens with zero attached hydrogens (tertiary/aromatic N) is 2. The maximum Gasteiger partial charge on any atom is 0.137 e. The van der Waals surface area contributed by atoms with Gasteiger partial charge in [-0.1, -0.05) is 38.1 Å². The number of anilines is 1. The molecular formula is C15H20BrN3. The van der Waals surface area contributed by atoms with Crippen LogP contribution < -0.4 is 5.73 Å². The Bertz CT molecular complexity index is 558. The van der Waals surface area contributed by atoms with Gasteiger partial charge in [-0.3, -0.25) is 0 Å². The fourth-order valence-corrected chi connectivity index (χ4v) is 2.57. The van der Waals surface area contributed by atoms with Gasteiger partial charge in [-0.25, -0.2) is 4.68 Å². The van der Waals surface area contributed by atoms with Crippen molar-refractivity contribution < 1.29 is 0 Å². The summed E-state index contributed by atoms with van der Waals surface area (Å²) >= 11 is 3.48. The van der Waals surface area contributed by atoms with Gasteiger partial charge in [-0.2, -0.15) is 5.10 Å². The Morgan fingerprint density at radius 3 is 2.32 bits per heavy atom. The van der Waals surface area contributed by atoms with E-state index in [-0.39, 0.29) is 6.04 Å². The molecule has 2 rings (SSSR count). The van der Waals surface area contributed by atoms with Crippen LogP contribution in [-0.4, -0.2) is 9.78 Å². The van der Waals surface area contributed by atoms with Gasteiger partial charge < -0.3 is 5.73 Å². The quantitative estimate of drug-likeness (QED) is 0.921. The number of hydrogen-bond acceptors (Lipinski definition) is 2. The third kappa shape index (κ3) is 2.68. The maximum atomic E-state index is 6.13. The van der Waals surface area contributed by atoms with Crippen molar-refractivity contribution in [1.82, 2.24) is 9.78 Å². The van der Waals surface area contributed by atoms with Gasteiger partial charge in [-0.15, -0.1) is 0 Å². The molecule has 0 spiro atoms. The molecule has 2 aromatic rings. The minimum absolute atomic E-state index is 0.191. The monoisotopic (exact) mass is 321 g/mol. The number of nitrogen functional groups attached to an aromatic ring is 1. The molecule has 1 heterocycles. The zero-order valence-electron chi connectivity index (χ0n) is 11.7. The molecule has 3 nitrogen and oxygen atoms in total. The first-order chi connectivity index (χ1) is 9.08. The summed E-state index contributed by atoms with van der Waals surface area (Å²) in [6, 6.07) is 8.91. The fraction of sp³-hybridized carbons (Fsp3) is 0.400. The van der Waals surface area contributed by atoms with Crippen molar-refractivity contribution in [3.63, 3.8) is 0 Å². The number of aromatic nitrogens is 2. The Morgan fingerprint density at radius 2 is 1.89 bits per heavy atom. The Morgan fingerprint density at radius 1 is 1.26 bits per heavy atom. The molecular weight excluding hydrogens is 302 g/mol. The standard InChI is InChI=1S/C15H20BrN3/c1-4-11-6-8-12(9-7-11)13(5-2)19-15(17)14(16)10(3)18-19/h6-9,13H,4-5,17H2,1-3H3. The SMILES string of the molecule is CCc1ccc(C(CC)n2nc(C)c(Br)c2N)cc1. The average molecular weight is 322 g/mol. The number of hydrogen-bond donors (Lipinski definition) is 1. The lowest BCUT2D eigenvalue weighted by molar-refractivity contribution is 0.513. The summed E-state index contributed by atoms with van der Waals surface area (Å²) in [4.78, 5) is 0. The Kier molecular flexibility index (Phi) is 4.30. The van der Waals surface area contributed by atoms with E-state index < -0.39 is 0 Å². The van der Waals surface area contributed by atoms with Crippen molar-refractivity contribution in [2.75, 3.05) is 5.73 Å². The predicted molar refractivity (Wildman–Crippen MR) is 83.3 cm³/mol. The van der Waals surface area contributed by atoms with E-state index >= 15 is 0 Å². The van der Waals surface area contributed by atoms with Crippen LogP contribution in [-0.2, 0) is 6.42 Å². The number of benzene rings is 1. The fourth-order valence-electron chi connectivity index (χ4n) is 2.31. The summed E-state index contributed by atoms with van der Waals surface area (Å²) in [6.45, 7) is 6.28. The Labute approximate surface area is 122 Å². The summed E-state index contributed by atoms with van der Waals surface area (Å²) in [5.41, 5.74) is 9.66. The topological polar surface area (TPSA) is 43.8 Å². The van der Waals surface area contributed by atoms with Crippen LogP contribution in [0.2, 0.25) is 0 Å². The molecule has 0 aliphatic rings. The van der Waals surface area contributed by atoms with Crippen LogP contribution in [0.3, 0.4) is 0 Å². The van der Waals surface area contributed by atoms with Crippen LogP contribution in [0, 0.1) is 6.92 Å². The lowest BCUT2D eigenvalue weighted by atomic mass is 10.0. The molecule has 0 aliphatic heterocycles. The average Bonchev–Trinajstić information content (AvgIpc) is 2.68. The van der Waals surface area contributed by atoms with Crippen LogP contribution in [0.15, 0.2) is 28.7 Å². The van der Waals surface area contributed by atoms with Crippen molar-refractivity contribution in [2.24, 2.45) is 0 Å². The zero-order valence-corrected chi connectivity index (χ0v) is 13.2. The highest BCUT2D eigenvalue weighted by Gasteiger charge is 2.18. The third-order valence-electron chi connectivity index (χ3n) is 3.50. The lowest BCUT2D eigenvalue weighted by Gasteiger charge is -2.18. The highest BCUT2D eigenvalue weighted by Crippen LogP contribution is 2.30. The van der Waals surface area contributed by atoms with Crippen LogP contribution in [0.25, 0.3) is 0 Å². The second-order valence-corrected chi connectivity index (χ2v) is 5.54. The van der Waals surface area contributed by atoms with E-state index in [1.54, 1.807) is 0 Å². The van der Waals surface area contributed by atoms with Crippen molar-refractivity contribution in [3.8, 4) is 0 Å². The molecule has 19 heavy (non-hydrogen) atoms. The summed E-state index contributed by atoms with van der Waals surface area (Å²) < 4.78 is 2.82. The van der Waals surface area contributed by atoms with Gasteiger partial charge in [0.2, 0.25) is 0 Å². The first kappa shape index (κ1) is 14.1. The van der Waals surface area contributed by atoms with Crippen molar-refractivity contribution in [1.29, 1.82) is 0 Å². The van der Waals surface area contributed by atoms with E-state index in [1.165, 1.54) is 11.1 Å². The normalized spacial score (nSPS) is 12.6. The first-order valence-electron chi connectivity index (χ1n) is 6.67. The molecule has 102 valence electrons. The second-order valence-electron chi connectivity index (χ2n) is 4.75. The van der Waals surface area contributed by atoms with Gasteiger partial charge in [0.1, 0.15) is 5.82 Å². The number of halogens is 1. The maximum absolute atomic E-state index is 6.13. The van der Waals surface area contributed by atoms with E-state index in [2.05, 4.69) is 59.1 Å². The smallest absolute Gasteiger partial charge is 0.137 e. The van der Waals surface area contributed by atoms with Crippen LogP contribution >= 0.6 is 15.9 Å². The predicted octanol–water partition coefficient (Wildman–Crippen LogP) is 4.10. The lowest BCUT2D eigenvalue weighted by Crippen LogP contribution is -2.14. The molecule has 0 bridgehead atoms. The van der Waals surface area contributed by atoms with Gasteiger partial charge in [-0.05, 0) is 46.8 Å². The molecule has 0 radical (unpaired) electrons. The zero-order chi connectivity index (χ0) is 14.0. The molecule has 1 aromatic carbocycles. The first-order valence-corrected chi connectivity index (χ1v) is 7.46. The largest absolute Gasteiger partial charge is 0.383 e. The molecule has 0 aliphatic carbocycles. The van der Waals surface area contributed by atoms with Crippen LogP contribution in [0.5, 0.6) is 0 Å². The van der Waals surface area contributed by atoms with Crippen molar-refractivity contribution in [3.05, 3.63) is 45.6 Å². The summed E-state index contributed by atoms with van der Waals surface area (Å²) in [5.74, 6) is 0.698. The molecule has 4 heteroatoms. The van der Waals surface area contributed by atoms with E-state index in [4.69, 9.17) is 5.73 Å². The molecule has 0 saturated heterocycles. The van der Waals surface area contributed by atoms with Gasteiger partial charge in [0, 0.05) is 0 Å². The van der Waals surface area contributed by atoms with E-state index in [0.717, 1.165) is 23.0 Å². The van der Waals surface area contributed by atoms with E-state index in [9.17, 15) is 0 Å². The highest BCUT2D eigenvalue weighted by atomic mass is 79.9. The molecule has 2 N–H and O–H groups in total. The minimum atomic E-state index is 0.191. The van der Waals surface area contributed by atoms with Crippen molar-refractivity contribution in [2.45, 2.75) is 39.7 Å². The summed E-state index contributed by atoms with van der Waals surface area (Å²) in [7, 11) is 0. The summed E-state index contributed by atoms with van der Waals surface area (Å²) in [6.07, 6.45) is 2.02. The third-order valence-corrected chi connectivity index (χ3v) is 4.48. The molecule has 0 saturated carbocycles.